The van der Waals surface area contributed by atoms with Crippen molar-refractivity contribution in [1.82, 2.24) is 19.4 Å². The van der Waals surface area contributed by atoms with Gasteiger partial charge in [0.2, 0.25) is 0 Å². The highest BCUT2D eigenvalue weighted by Crippen LogP contribution is 2.26. The quantitative estimate of drug-likeness (QED) is 0.369. The van der Waals surface area contributed by atoms with Crippen LogP contribution in [0.1, 0.15) is 56.8 Å². The molecule has 188 valence electrons. The van der Waals surface area contributed by atoms with Gasteiger partial charge in [0, 0.05) is 79.5 Å². The Morgan fingerprint density at radius 1 is 1.31 bits per heavy atom. The van der Waals surface area contributed by atoms with Crippen LogP contribution in [0.25, 0.3) is 11.6 Å². The van der Waals surface area contributed by atoms with Gasteiger partial charge in [0.25, 0.3) is 5.56 Å². The van der Waals surface area contributed by atoms with Crippen LogP contribution in [0.4, 0.5) is 8.78 Å². The molecule has 9 heteroatoms. The molecule has 0 fully saturated rings. The topological polar surface area (TPSA) is 89.4 Å². The van der Waals surface area contributed by atoms with Gasteiger partial charge in [-0.25, -0.2) is 9.98 Å². The molecule has 0 bridgehead atoms. The maximum Gasteiger partial charge on any atom is 0.331 e. The molecule has 0 saturated carbocycles. The number of fused-ring (bicyclic) bond motifs is 1. The highest BCUT2D eigenvalue weighted by Gasteiger charge is 2.20. The summed E-state index contributed by atoms with van der Waals surface area (Å²) in [6.07, 6.45) is 8.01. The molecule has 0 saturated heterocycles. The van der Waals surface area contributed by atoms with Gasteiger partial charge >= 0.3 is 6.55 Å². The van der Waals surface area contributed by atoms with Crippen LogP contribution in [0.3, 0.4) is 0 Å². The van der Waals surface area contributed by atoms with Crippen molar-refractivity contribution >= 4 is 17.9 Å². The first-order valence-electron chi connectivity index (χ1n) is 11.5. The highest BCUT2D eigenvalue weighted by molar-refractivity contribution is 6.10. The largest absolute Gasteiger partial charge is 0.402 e. The summed E-state index contributed by atoms with van der Waals surface area (Å²) in [5, 5.41) is 0. The van der Waals surface area contributed by atoms with Gasteiger partial charge in [0.05, 0.1) is 0 Å². The Bertz CT molecular complexity index is 1190. The molecule has 3 rings (SSSR count). The van der Waals surface area contributed by atoms with E-state index in [1.807, 2.05) is 19.1 Å². The van der Waals surface area contributed by atoms with Crippen LogP contribution in [-0.4, -0.2) is 38.7 Å². The van der Waals surface area contributed by atoms with Gasteiger partial charge in [-0.05, 0) is 37.1 Å². The summed E-state index contributed by atoms with van der Waals surface area (Å²) < 4.78 is 26.6. The average Bonchev–Trinajstić information content (AvgIpc) is 2.81. The van der Waals surface area contributed by atoms with Gasteiger partial charge in [-0.3, -0.25) is 14.3 Å². The third-order valence-corrected chi connectivity index (χ3v) is 5.37. The minimum absolute atomic E-state index is 0.135. The SMILES string of the molecule is C=C(/C(C)=C\c1nccc(=O)n1C)N1CCc2ncc(C(/C=N/C(F)F)=C(\C)N)cc2C1.CCC. The molecule has 35 heavy (non-hydrogen) atoms. The molecule has 0 aromatic carbocycles. The Balaban J connectivity index is 0.00000137. The lowest BCUT2D eigenvalue weighted by Crippen LogP contribution is -2.30. The van der Waals surface area contributed by atoms with Crippen LogP contribution in [0.2, 0.25) is 0 Å². The van der Waals surface area contributed by atoms with E-state index in [2.05, 4.69) is 40.3 Å². The monoisotopic (exact) mass is 484 g/mol. The molecular formula is C26H34F2N6O. The molecule has 7 nitrogen and oxygen atoms in total. The van der Waals surface area contributed by atoms with Crippen LogP contribution < -0.4 is 11.3 Å². The number of alkyl halides is 2. The number of aromatic nitrogens is 3. The van der Waals surface area contributed by atoms with Crippen molar-refractivity contribution in [1.29, 1.82) is 0 Å². The van der Waals surface area contributed by atoms with Crippen molar-refractivity contribution < 1.29 is 8.78 Å². The molecule has 0 amide bonds. The van der Waals surface area contributed by atoms with Crippen LogP contribution in [-0.2, 0) is 20.0 Å². The number of rotatable bonds is 6. The average molecular weight is 485 g/mol. The van der Waals surface area contributed by atoms with E-state index < -0.39 is 6.55 Å². The summed E-state index contributed by atoms with van der Waals surface area (Å²) in [7, 11) is 1.67. The Morgan fingerprint density at radius 3 is 2.63 bits per heavy atom. The molecule has 2 aromatic heterocycles. The number of nitrogens with two attached hydrogens (primary N) is 1. The summed E-state index contributed by atoms with van der Waals surface area (Å²) >= 11 is 0. The molecule has 3 heterocycles. The van der Waals surface area contributed by atoms with Crippen molar-refractivity contribution in [3.63, 3.8) is 0 Å². The lowest BCUT2D eigenvalue weighted by atomic mass is 9.99. The smallest absolute Gasteiger partial charge is 0.331 e. The first-order valence-corrected chi connectivity index (χ1v) is 11.5. The number of nitrogens with zero attached hydrogens (tertiary/aromatic N) is 5. The van der Waals surface area contributed by atoms with Crippen molar-refractivity contribution in [3.05, 3.63) is 81.1 Å². The van der Waals surface area contributed by atoms with Crippen LogP contribution in [0.15, 0.2) is 57.9 Å². The van der Waals surface area contributed by atoms with E-state index in [1.54, 1.807) is 20.2 Å². The Labute approximate surface area is 205 Å². The second-order valence-corrected chi connectivity index (χ2v) is 8.34. The van der Waals surface area contributed by atoms with E-state index in [1.165, 1.54) is 23.3 Å². The minimum atomic E-state index is -2.80. The fourth-order valence-corrected chi connectivity index (χ4v) is 3.49. The van der Waals surface area contributed by atoms with Gasteiger partial charge in [0.15, 0.2) is 0 Å². The minimum Gasteiger partial charge on any atom is -0.402 e. The Kier molecular flexibility index (Phi) is 10.1. The molecule has 0 radical (unpaired) electrons. The fraction of sp³-hybridized carbons (Fsp3) is 0.385. The molecule has 0 aliphatic carbocycles. The second-order valence-electron chi connectivity index (χ2n) is 8.34. The predicted octanol–water partition coefficient (Wildman–Crippen LogP) is 4.55. The van der Waals surface area contributed by atoms with Gasteiger partial charge in [-0.1, -0.05) is 26.8 Å². The summed E-state index contributed by atoms with van der Waals surface area (Å²) in [6.45, 7) is 10.5. The zero-order valence-corrected chi connectivity index (χ0v) is 21.1. The number of hydrogen-bond acceptors (Lipinski definition) is 6. The summed E-state index contributed by atoms with van der Waals surface area (Å²) in [4.78, 5) is 25.9. The Hall–Kier alpha value is -3.62. The normalized spacial score (nSPS) is 14.4. The van der Waals surface area contributed by atoms with Gasteiger partial charge in [-0.15, -0.1) is 0 Å². The molecule has 2 aromatic rings. The predicted molar refractivity (Wildman–Crippen MR) is 138 cm³/mol. The molecule has 2 N–H and O–H groups in total. The van der Waals surface area contributed by atoms with E-state index >= 15 is 0 Å². The van der Waals surface area contributed by atoms with Crippen LogP contribution >= 0.6 is 0 Å². The first kappa shape index (κ1) is 27.6. The van der Waals surface area contributed by atoms with Crippen LogP contribution in [0.5, 0.6) is 0 Å². The first-order chi connectivity index (χ1) is 16.6. The zero-order chi connectivity index (χ0) is 26.1. The number of pyridine rings is 1. The van der Waals surface area contributed by atoms with Crippen LogP contribution in [0, 0.1) is 0 Å². The van der Waals surface area contributed by atoms with Crippen molar-refractivity contribution in [2.45, 2.75) is 53.6 Å². The van der Waals surface area contributed by atoms with E-state index in [9.17, 15) is 13.6 Å². The molecule has 0 spiro atoms. The molecular weight excluding hydrogens is 450 g/mol. The maximum atomic E-state index is 12.5. The van der Waals surface area contributed by atoms with E-state index in [4.69, 9.17) is 5.73 Å². The van der Waals surface area contributed by atoms with Crippen molar-refractivity contribution in [2.24, 2.45) is 17.8 Å². The van der Waals surface area contributed by atoms with Crippen molar-refractivity contribution in [3.8, 4) is 0 Å². The molecule has 1 aliphatic rings. The molecule has 0 atom stereocenters. The summed E-state index contributed by atoms with van der Waals surface area (Å²) in [5.41, 5.74) is 10.8. The third-order valence-electron chi connectivity index (χ3n) is 5.37. The molecule has 0 unspecified atom stereocenters. The lowest BCUT2D eigenvalue weighted by molar-refractivity contribution is 0.161. The number of halogens is 2. The lowest BCUT2D eigenvalue weighted by Gasteiger charge is -2.32. The Morgan fingerprint density at radius 2 is 2.00 bits per heavy atom. The summed E-state index contributed by atoms with van der Waals surface area (Å²) in [5.74, 6) is 0.545. The number of hydrogen-bond donors (Lipinski definition) is 1. The van der Waals surface area contributed by atoms with E-state index in [0.717, 1.165) is 41.7 Å². The standard InChI is InChI=1S/C23H26F2N6O.C3H8/c1-14(9-21-27-7-5-22(32)30(21)4)16(3)31-8-6-20-18(13-31)10-17(11-28-20)19(15(2)26)12-29-23(24)25;1-3-2/h5,7,9-12,23H,3,6,8,13,26H2,1-2,4H3;3H2,1-2H3/b14-9-,19-15+,29-12+;. The van der Waals surface area contributed by atoms with E-state index in [-0.39, 0.29) is 5.56 Å². The van der Waals surface area contributed by atoms with E-state index in [0.29, 0.717) is 29.2 Å². The van der Waals surface area contributed by atoms with Gasteiger partial charge < -0.3 is 10.6 Å². The number of allylic oxidation sites excluding steroid dienone is 3. The van der Waals surface area contributed by atoms with Crippen molar-refractivity contribution in [2.75, 3.05) is 6.54 Å². The third kappa shape index (κ3) is 7.43. The highest BCUT2D eigenvalue weighted by atomic mass is 19.3. The second kappa shape index (κ2) is 12.7. The zero-order valence-electron chi connectivity index (χ0n) is 21.1. The summed E-state index contributed by atoms with van der Waals surface area (Å²) in [6, 6.07) is 3.32. The van der Waals surface area contributed by atoms with Gasteiger partial charge in [-0.2, -0.15) is 8.78 Å². The fourth-order valence-electron chi connectivity index (χ4n) is 3.49. The number of aliphatic imine (C=N–C) groups is 1. The van der Waals surface area contributed by atoms with Gasteiger partial charge in [0.1, 0.15) is 5.82 Å². The molecule has 1 aliphatic heterocycles. The maximum absolute atomic E-state index is 12.5.